The fraction of sp³-hybridized carbons (Fsp3) is 0.400. The second-order valence-electron chi connectivity index (χ2n) is 2.05. The monoisotopic (exact) mass is 196 g/mol. The van der Waals surface area contributed by atoms with Crippen molar-refractivity contribution in [1.82, 2.24) is 0 Å². The molecule has 0 atom stereocenters. The molecule has 0 aliphatic heterocycles. The lowest BCUT2D eigenvalue weighted by Gasteiger charge is -2.04. The lowest BCUT2D eigenvalue weighted by molar-refractivity contribution is -0.133. The molecule has 7 heteroatoms. The zero-order chi connectivity index (χ0) is 9.78. The van der Waals surface area contributed by atoms with E-state index in [0.717, 1.165) is 0 Å². The maximum absolute atomic E-state index is 10.2. The molecule has 12 heavy (non-hydrogen) atoms. The number of aliphatic carboxylic acids is 1. The van der Waals surface area contributed by atoms with Gasteiger partial charge in [-0.3, -0.25) is 4.57 Å². The first-order valence-electron chi connectivity index (χ1n) is 2.86. The maximum Gasteiger partial charge on any atom is 0.350 e. The number of carboxylic acid groups (broad SMARTS) is 1. The summed E-state index contributed by atoms with van der Waals surface area (Å²) >= 11 is 0. The minimum atomic E-state index is -4.21. The van der Waals surface area contributed by atoms with Crippen molar-refractivity contribution in [3.63, 3.8) is 0 Å². The van der Waals surface area contributed by atoms with E-state index in [4.69, 9.17) is 14.9 Å². The van der Waals surface area contributed by atoms with Gasteiger partial charge in [0.05, 0.1) is 12.2 Å². The van der Waals surface area contributed by atoms with Gasteiger partial charge in [0.2, 0.25) is 0 Å². The molecule has 0 aromatic rings. The number of carbonyl (C=O) groups is 1. The van der Waals surface area contributed by atoms with E-state index in [1.165, 1.54) is 0 Å². The average molecular weight is 196 g/mol. The molecule has 0 fully saturated rings. The quantitative estimate of drug-likeness (QED) is 0.414. The Balaban J connectivity index is 3.65. The van der Waals surface area contributed by atoms with Gasteiger partial charge in [-0.2, -0.15) is 0 Å². The first-order valence-corrected chi connectivity index (χ1v) is 4.66. The van der Waals surface area contributed by atoms with E-state index in [0.29, 0.717) is 0 Å². The van der Waals surface area contributed by atoms with Gasteiger partial charge in [-0.15, -0.1) is 0 Å². The Kier molecular flexibility index (Phi) is 4.12. The number of rotatable bonds is 5. The molecule has 70 valence electrons. The second kappa shape index (κ2) is 4.37. The highest BCUT2D eigenvalue weighted by Gasteiger charge is 2.13. The minimum absolute atomic E-state index is 0.247. The van der Waals surface area contributed by atoms with Crippen LogP contribution in [0.15, 0.2) is 12.2 Å². The van der Waals surface area contributed by atoms with E-state index < -0.39 is 19.9 Å². The summed E-state index contributed by atoms with van der Waals surface area (Å²) < 4.78 is 14.6. The molecule has 0 unspecified atom stereocenters. The van der Waals surface area contributed by atoms with Crippen molar-refractivity contribution in [1.29, 1.82) is 0 Å². The molecule has 3 N–H and O–H groups in total. The van der Waals surface area contributed by atoms with Crippen LogP contribution in [0.5, 0.6) is 0 Å². The Morgan fingerprint density at radius 3 is 2.33 bits per heavy atom. The van der Waals surface area contributed by atoms with E-state index in [9.17, 15) is 9.36 Å². The molecule has 6 nitrogen and oxygen atoms in total. The SMILES string of the molecule is C=C(COCP(=O)(O)O)C(=O)O. The molecule has 0 aliphatic rings. The Morgan fingerprint density at radius 1 is 1.50 bits per heavy atom. The van der Waals surface area contributed by atoms with Crippen LogP contribution in [-0.2, 0) is 14.1 Å². The first kappa shape index (κ1) is 11.3. The van der Waals surface area contributed by atoms with Crippen LogP contribution in [0.25, 0.3) is 0 Å². The van der Waals surface area contributed by atoms with Gasteiger partial charge in [-0.05, 0) is 0 Å². The minimum Gasteiger partial charge on any atom is -0.478 e. The number of ether oxygens (including phenoxy) is 1. The zero-order valence-electron chi connectivity index (χ0n) is 6.13. The van der Waals surface area contributed by atoms with Gasteiger partial charge in [0.25, 0.3) is 0 Å². The molecule has 0 aliphatic carbocycles. The predicted octanol–water partition coefficient (Wildman–Crippen LogP) is -0.221. The summed E-state index contributed by atoms with van der Waals surface area (Å²) in [6, 6.07) is 0. The molecule has 0 bridgehead atoms. The van der Waals surface area contributed by atoms with Crippen molar-refractivity contribution in [3.05, 3.63) is 12.2 Å². The van der Waals surface area contributed by atoms with Crippen molar-refractivity contribution < 1.29 is 29.0 Å². The lowest BCUT2D eigenvalue weighted by atomic mass is 10.3. The van der Waals surface area contributed by atoms with Gasteiger partial charge in [0.1, 0.15) is 6.35 Å². The smallest absolute Gasteiger partial charge is 0.350 e. The summed E-state index contributed by atoms with van der Waals surface area (Å²) in [4.78, 5) is 26.6. The summed E-state index contributed by atoms with van der Waals surface area (Å²) in [6.07, 6.45) is -0.792. The Hall–Kier alpha value is -0.680. The van der Waals surface area contributed by atoms with Crippen LogP contribution in [0.2, 0.25) is 0 Å². The zero-order valence-corrected chi connectivity index (χ0v) is 7.03. The fourth-order valence-electron chi connectivity index (χ4n) is 0.349. The molecular formula is C5H9O6P. The molecule has 0 aromatic heterocycles. The molecule has 0 heterocycles. The van der Waals surface area contributed by atoms with E-state index in [1.807, 2.05) is 0 Å². The first-order chi connectivity index (χ1) is 5.33. The molecule has 0 saturated carbocycles. The predicted molar refractivity (Wildman–Crippen MR) is 39.6 cm³/mol. The van der Waals surface area contributed by atoms with Crippen LogP contribution in [0.3, 0.4) is 0 Å². The van der Waals surface area contributed by atoms with Crippen molar-refractivity contribution in [2.45, 2.75) is 0 Å². The van der Waals surface area contributed by atoms with E-state index in [2.05, 4.69) is 11.3 Å². The van der Waals surface area contributed by atoms with Gasteiger partial charge < -0.3 is 19.6 Å². The molecule has 0 saturated heterocycles. The third-order valence-electron chi connectivity index (χ3n) is 0.838. The van der Waals surface area contributed by atoms with Crippen molar-refractivity contribution in [2.24, 2.45) is 0 Å². The highest BCUT2D eigenvalue weighted by Crippen LogP contribution is 2.33. The number of hydrogen-bond donors (Lipinski definition) is 3. The summed E-state index contributed by atoms with van der Waals surface area (Å²) in [5.41, 5.74) is -0.247. The highest BCUT2D eigenvalue weighted by atomic mass is 31.2. The van der Waals surface area contributed by atoms with Crippen LogP contribution >= 0.6 is 7.60 Å². The topological polar surface area (TPSA) is 104 Å². The largest absolute Gasteiger partial charge is 0.478 e. The number of carboxylic acids is 1. The molecule has 0 aromatic carbocycles. The molecule has 0 rings (SSSR count). The highest BCUT2D eigenvalue weighted by molar-refractivity contribution is 7.51. The van der Waals surface area contributed by atoms with Gasteiger partial charge in [-0.25, -0.2) is 4.79 Å². The molecular weight excluding hydrogens is 187 g/mol. The molecule has 0 radical (unpaired) electrons. The van der Waals surface area contributed by atoms with Gasteiger partial charge in [0, 0.05) is 0 Å². The maximum atomic E-state index is 10.2. The normalized spacial score (nSPS) is 11.2. The Labute approximate surface area is 68.6 Å². The van der Waals surface area contributed by atoms with Gasteiger partial charge in [-0.1, -0.05) is 6.58 Å². The van der Waals surface area contributed by atoms with Crippen molar-refractivity contribution in [3.8, 4) is 0 Å². The Morgan fingerprint density at radius 2 is 2.00 bits per heavy atom. The van der Waals surface area contributed by atoms with E-state index >= 15 is 0 Å². The summed E-state index contributed by atoms with van der Waals surface area (Å²) in [5.74, 6) is -1.25. The fourth-order valence-corrected chi connectivity index (χ4v) is 0.679. The number of hydrogen-bond acceptors (Lipinski definition) is 3. The van der Waals surface area contributed by atoms with Gasteiger partial charge in [0.15, 0.2) is 0 Å². The van der Waals surface area contributed by atoms with Crippen molar-refractivity contribution >= 4 is 13.6 Å². The van der Waals surface area contributed by atoms with Crippen LogP contribution < -0.4 is 0 Å². The third-order valence-corrected chi connectivity index (χ3v) is 1.36. The Bertz CT molecular complexity index is 228. The van der Waals surface area contributed by atoms with Crippen molar-refractivity contribution in [2.75, 3.05) is 13.0 Å². The second-order valence-corrected chi connectivity index (χ2v) is 3.64. The van der Waals surface area contributed by atoms with E-state index in [-0.39, 0.29) is 12.2 Å². The third kappa shape index (κ3) is 6.06. The van der Waals surface area contributed by atoms with E-state index in [1.54, 1.807) is 0 Å². The molecule has 0 spiro atoms. The summed E-state index contributed by atoms with van der Waals surface area (Å²) in [6.45, 7) is 2.71. The average Bonchev–Trinajstić information content (AvgIpc) is 1.84. The van der Waals surface area contributed by atoms with Crippen LogP contribution in [-0.4, -0.2) is 33.8 Å². The van der Waals surface area contributed by atoms with Crippen LogP contribution in [0.1, 0.15) is 0 Å². The summed E-state index contributed by atoms with van der Waals surface area (Å²) in [7, 11) is -4.21. The lowest BCUT2D eigenvalue weighted by Crippen LogP contribution is -2.07. The van der Waals surface area contributed by atoms with Gasteiger partial charge >= 0.3 is 13.6 Å². The standard InChI is InChI=1S/C5H9O6P/c1-4(5(6)7)2-11-3-12(8,9)10/h1-3H2,(H,6,7)(H2,8,9,10). The molecule has 0 amide bonds. The van der Waals surface area contributed by atoms with Crippen LogP contribution in [0, 0.1) is 0 Å². The van der Waals surface area contributed by atoms with Crippen LogP contribution in [0.4, 0.5) is 0 Å². The summed E-state index contributed by atoms with van der Waals surface area (Å²) in [5, 5.41) is 8.24.